The SMILES string of the molecule is C1=C(CCC2=Cc3c(cccc3-c3ccccc3)C2)Cc2cccc(-c3ccccc3)c21. The summed E-state index contributed by atoms with van der Waals surface area (Å²) in [6, 6.07) is 35.1. The molecule has 0 bridgehead atoms. The molecule has 0 atom stereocenters. The van der Waals surface area contributed by atoms with Crippen molar-refractivity contribution < 1.29 is 0 Å². The Kier molecular flexibility index (Phi) is 4.85. The van der Waals surface area contributed by atoms with E-state index in [-0.39, 0.29) is 0 Å². The van der Waals surface area contributed by atoms with Crippen LogP contribution in [0.4, 0.5) is 0 Å². The number of hydrogen-bond donors (Lipinski definition) is 0. The van der Waals surface area contributed by atoms with E-state index in [0.29, 0.717) is 0 Å². The number of benzene rings is 4. The molecule has 0 N–H and O–H groups in total. The Morgan fingerprint density at radius 1 is 0.438 bits per heavy atom. The lowest BCUT2D eigenvalue weighted by molar-refractivity contribution is 0.887. The van der Waals surface area contributed by atoms with Crippen molar-refractivity contribution in [3.63, 3.8) is 0 Å². The molecule has 0 nitrogen and oxygen atoms in total. The molecule has 0 spiro atoms. The third-order valence-electron chi connectivity index (χ3n) is 6.86. The van der Waals surface area contributed by atoms with E-state index in [1.807, 2.05) is 0 Å². The highest BCUT2D eigenvalue weighted by Crippen LogP contribution is 2.38. The van der Waals surface area contributed by atoms with E-state index >= 15 is 0 Å². The molecular weight excluding hydrogens is 384 g/mol. The number of fused-ring (bicyclic) bond motifs is 2. The van der Waals surface area contributed by atoms with E-state index in [1.165, 1.54) is 44.5 Å². The number of rotatable bonds is 5. The molecule has 32 heavy (non-hydrogen) atoms. The predicted octanol–water partition coefficient (Wildman–Crippen LogP) is 8.38. The monoisotopic (exact) mass is 410 g/mol. The quantitative estimate of drug-likeness (QED) is 0.310. The van der Waals surface area contributed by atoms with Gasteiger partial charge in [-0.25, -0.2) is 0 Å². The van der Waals surface area contributed by atoms with Crippen molar-refractivity contribution in [3.05, 3.63) is 130 Å². The van der Waals surface area contributed by atoms with Crippen LogP contribution in [-0.2, 0) is 12.8 Å². The van der Waals surface area contributed by atoms with Gasteiger partial charge >= 0.3 is 0 Å². The van der Waals surface area contributed by atoms with Crippen LogP contribution in [0.25, 0.3) is 34.4 Å². The molecule has 0 aliphatic heterocycles. The van der Waals surface area contributed by atoms with Gasteiger partial charge in [0, 0.05) is 0 Å². The maximum atomic E-state index is 2.45. The van der Waals surface area contributed by atoms with Gasteiger partial charge in [-0.2, -0.15) is 0 Å². The average Bonchev–Trinajstić information content (AvgIpc) is 3.47. The fraction of sp³-hybridized carbons (Fsp3) is 0.125. The van der Waals surface area contributed by atoms with E-state index in [1.54, 1.807) is 11.1 Å². The maximum absolute atomic E-state index is 2.45. The normalized spacial score (nSPS) is 14.0. The summed E-state index contributed by atoms with van der Waals surface area (Å²) >= 11 is 0. The minimum absolute atomic E-state index is 1.09. The summed E-state index contributed by atoms with van der Waals surface area (Å²) in [6.07, 6.45) is 9.37. The molecule has 0 fully saturated rings. The summed E-state index contributed by atoms with van der Waals surface area (Å²) in [5, 5.41) is 0. The Balaban J connectivity index is 1.22. The van der Waals surface area contributed by atoms with Crippen LogP contribution in [-0.4, -0.2) is 0 Å². The van der Waals surface area contributed by atoms with Gasteiger partial charge in [0.25, 0.3) is 0 Å². The lowest BCUT2D eigenvalue weighted by Crippen LogP contribution is -1.90. The van der Waals surface area contributed by atoms with Crippen molar-refractivity contribution in [1.29, 1.82) is 0 Å². The molecular formula is C32H26. The topological polar surface area (TPSA) is 0 Å². The summed E-state index contributed by atoms with van der Waals surface area (Å²) in [7, 11) is 0. The molecule has 0 heterocycles. The highest BCUT2D eigenvalue weighted by atomic mass is 14.2. The molecule has 0 saturated carbocycles. The van der Waals surface area contributed by atoms with Gasteiger partial charge < -0.3 is 0 Å². The van der Waals surface area contributed by atoms with Gasteiger partial charge in [-0.3, -0.25) is 0 Å². The first-order valence-corrected chi connectivity index (χ1v) is 11.6. The van der Waals surface area contributed by atoms with Crippen LogP contribution in [0.5, 0.6) is 0 Å². The summed E-state index contributed by atoms with van der Waals surface area (Å²) in [6.45, 7) is 0. The zero-order valence-electron chi connectivity index (χ0n) is 18.2. The molecule has 0 amide bonds. The zero-order chi connectivity index (χ0) is 21.3. The van der Waals surface area contributed by atoms with Gasteiger partial charge in [0.2, 0.25) is 0 Å². The van der Waals surface area contributed by atoms with Crippen molar-refractivity contribution in [1.82, 2.24) is 0 Å². The summed E-state index contributed by atoms with van der Waals surface area (Å²) < 4.78 is 0. The zero-order valence-corrected chi connectivity index (χ0v) is 18.2. The van der Waals surface area contributed by atoms with Crippen molar-refractivity contribution >= 4 is 12.2 Å². The smallest absolute Gasteiger partial charge is 0.00575 e. The van der Waals surface area contributed by atoms with Crippen LogP contribution in [0.1, 0.15) is 35.1 Å². The van der Waals surface area contributed by atoms with Gasteiger partial charge in [0.1, 0.15) is 0 Å². The molecule has 0 unspecified atom stereocenters. The van der Waals surface area contributed by atoms with E-state index in [4.69, 9.17) is 0 Å². The Labute approximate surface area is 190 Å². The van der Waals surface area contributed by atoms with Crippen LogP contribution < -0.4 is 0 Å². The van der Waals surface area contributed by atoms with E-state index in [0.717, 1.165) is 25.7 Å². The summed E-state index contributed by atoms with van der Waals surface area (Å²) in [4.78, 5) is 0. The highest BCUT2D eigenvalue weighted by Gasteiger charge is 2.19. The van der Waals surface area contributed by atoms with Gasteiger partial charge in [-0.15, -0.1) is 0 Å². The molecule has 0 saturated heterocycles. The summed E-state index contributed by atoms with van der Waals surface area (Å²) in [5.41, 5.74) is 14.2. The fourth-order valence-corrected chi connectivity index (χ4v) is 5.26. The Hall–Kier alpha value is -3.64. The molecule has 6 rings (SSSR count). The van der Waals surface area contributed by atoms with E-state index in [2.05, 4.69) is 109 Å². The largest absolute Gasteiger partial charge is 0.0649 e. The van der Waals surface area contributed by atoms with E-state index < -0.39 is 0 Å². The average molecular weight is 411 g/mol. The third-order valence-corrected chi connectivity index (χ3v) is 6.86. The van der Waals surface area contributed by atoms with Gasteiger partial charge in [-0.05, 0) is 70.2 Å². The molecule has 4 aromatic carbocycles. The second kappa shape index (κ2) is 8.13. The molecule has 0 aromatic heterocycles. The van der Waals surface area contributed by atoms with Crippen LogP contribution in [0.2, 0.25) is 0 Å². The first kappa shape index (κ1) is 19.1. The van der Waals surface area contributed by atoms with E-state index in [9.17, 15) is 0 Å². The standard InChI is InChI=1S/C32H26/c1-3-9-25(10-4-1)29-15-7-13-27-19-23(21-31(27)29)17-18-24-20-28-14-8-16-30(32(28)22-24)26-11-5-2-6-12-26/h1-16,21-22H,17-20H2. The first-order valence-electron chi connectivity index (χ1n) is 11.6. The first-order chi connectivity index (χ1) is 15.8. The third kappa shape index (κ3) is 3.52. The maximum Gasteiger partial charge on any atom is -0.00575 e. The molecule has 154 valence electrons. The Morgan fingerprint density at radius 3 is 1.31 bits per heavy atom. The van der Waals surface area contributed by atoms with Crippen LogP contribution >= 0.6 is 0 Å². The second-order valence-corrected chi connectivity index (χ2v) is 8.95. The van der Waals surface area contributed by atoms with Crippen LogP contribution in [0, 0.1) is 0 Å². The van der Waals surface area contributed by atoms with Gasteiger partial charge in [0.05, 0.1) is 0 Å². The molecule has 2 aliphatic rings. The lowest BCUT2D eigenvalue weighted by Gasteiger charge is -2.07. The highest BCUT2D eigenvalue weighted by molar-refractivity contribution is 5.82. The molecule has 0 heteroatoms. The minimum atomic E-state index is 1.09. The lowest BCUT2D eigenvalue weighted by atomic mass is 9.97. The van der Waals surface area contributed by atoms with Crippen molar-refractivity contribution in [3.8, 4) is 22.3 Å². The Bertz CT molecular complexity index is 1230. The summed E-state index contributed by atoms with van der Waals surface area (Å²) in [5.74, 6) is 0. The fourth-order valence-electron chi connectivity index (χ4n) is 5.26. The van der Waals surface area contributed by atoms with Crippen molar-refractivity contribution in [2.45, 2.75) is 25.7 Å². The molecule has 2 aliphatic carbocycles. The molecule has 4 aromatic rings. The second-order valence-electron chi connectivity index (χ2n) is 8.95. The van der Waals surface area contributed by atoms with Gasteiger partial charge in [-0.1, -0.05) is 120 Å². The van der Waals surface area contributed by atoms with Crippen LogP contribution in [0.15, 0.2) is 108 Å². The van der Waals surface area contributed by atoms with Crippen molar-refractivity contribution in [2.24, 2.45) is 0 Å². The predicted molar refractivity (Wildman–Crippen MR) is 136 cm³/mol. The number of hydrogen-bond acceptors (Lipinski definition) is 0. The van der Waals surface area contributed by atoms with Crippen molar-refractivity contribution in [2.75, 3.05) is 0 Å². The molecule has 0 radical (unpaired) electrons. The number of allylic oxidation sites excluding steroid dienone is 2. The van der Waals surface area contributed by atoms with Gasteiger partial charge in [0.15, 0.2) is 0 Å². The minimum Gasteiger partial charge on any atom is -0.0649 e. The Morgan fingerprint density at radius 2 is 0.875 bits per heavy atom. The van der Waals surface area contributed by atoms with Crippen LogP contribution in [0.3, 0.4) is 0 Å².